The first-order valence-electron chi connectivity index (χ1n) is 9.78. The van der Waals surface area contributed by atoms with Crippen molar-refractivity contribution in [2.24, 2.45) is 0 Å². The molecule has 2 aromatic carbocycles. The summed E-state index contributed by atoms with van der Waals surface area (Å²) in [4.78, 5) is 29.5. The predicted molar refractivity (Wildman–Crippen MR) is 118 cm³/mol. The number of carbonyl (C=O) groups excluding carboxylic acids is 2. The second-order valence-corrected chi connectivity index (χ2v) is 7.15. The van der Waals surface area contributed by atoms with Gasteiger partial charge >= 0.3 is 0 Å². The molecule has 30 heavy (non-hydrogen) atoms. The zero-order valence-corrected chi connectivity index (χ0v) is 18.0. The molecule has 0 radical (unpaired) electrons. The first-order valence-corrected chi connectivity index (χ1v) is 9.78. The van der Waals surface area contributed by atoms with E-state index in [0.29, 0.717) is 35.6 Å². The van der Waals surface area contributed by atoms with Gasteiger partial charge < -0.3 is 19.7 Å². The Morgan fingerprint density at radius 1 is 0.933 bits per heavy atom. The van der Waals surface area contributed by atoms with E-state index in [-0.39, 0.29) is 17.5 Å². The zero-order chi connectivity index (χ0) is 21.8. The minimum Gasteiger partial charge on any atom is -0.493 e. The van der Waals surface area contributed by atoms with Crippen LogP contribution < -0.4 is 19.7 Å². The topological polar surface area (TPSA) is 71.1 Å². The van der Waals surface area contributed by atoms with Crippen molar-refractivity contribution in [3.05, 3.63) is 53.7 Å². The quantitative estimate of drug-likeness (QED) is 0.674. The Hall–Kier alpha value is -3.48. The van der Waals surface area contributed by atoms with Crippen molar-refractivity contribution >= 4 is 28.8 Å². The molecule has 0 fully saturated rings. The van der Waals surface area contributed by atoms with E-state index < -0.39 is 0 Å². The summed E-state index contributed by atoms with van der Waals surface area (Å²) in [6.45, 7) is 2.29. The fraction of sp³-hybridized carbons (Fsp3) is 0.304. The first-order chi connectivity index (χ1) is 14.4. The summed E-state index contributed by atoms with van der Waals surface area (Å²) in [5.74, 6) is 0.397. The van der Waals surface area contributed by atoms with Crippen molar-refractivity contribution in [1.29, 1.82) is 0 Å². The molecule has 0 atom stereocenters. The predicted octanol–water partition coefficient (Wildman–Crippen LogP) is 3.37. The van der Waals surface area contributed by atoms with Gasteiger partial charge in [-0.15, -0.1) is 0 Å². The number of imide groups is 1. The first kappa shape index (κ1) is 21.2. The van der Waals surface area contributed by atoms with Crippen molar-refractivity contribution in [1.82, 2.24) is 4.90 Å². The van der Waals surface area contributed by atoms with E-state index in [4.69, 9.17) is 9.47 Å². The van der Waals surface area contributed by atoms with Crippen LogP contribution in [0.4, 0.5) is 11.4 Å². The van der Waals surface area contributed by atoms with Gasteiger partial charge in [-0.2, -0.15) is 0 Å². The summed E-state index contributed by atoms with van der Waals surface area (Å²) >= 11 is 0. The molecule has 1 heterocycles. The third-order valence-electron chi connectivity index (χ3n) is 4.94. The van der Waals surface area contributed by atoms with Gasteiger partial charge in [0.25, 0.3) is 11.8 Å². The molecule has 0 unspecified atom stereocenters. The average molecular weight is 409 g/mol. The second-order valence-electron chi connectivity index (χ2n) is 7.15. The number of benzene rings is 2. The molecule has 0 saturated heterocycles. The maximum Gasteiger partial charge on any atom is 0.278 e. The summed E-state index contributed by atoms with van der Waals surface area (Å²) in [5.41, 5.74) is 2.95. The zero-order valence-electron chi connectivity index (χ0n) is 18.0. The lowest BCUT2D eigenvalue weighted by molar-refractivity contribution is -0.136. The maximum absolute atomic E-state index is 13.1. The number of anilines is 2. The summed E-state index contributed by atoms with van der Waals surface area (Å²) in [6, 6.07) is 12.9. The van der Waals surface area contributed by atoms with Crippen LogP contribution in [0.5, 0.6) is 11.5 Å². The van der Waals surface area contributed by atoms with Gasteiger partial charge in [-0.25, -0.2) is 0 Å². The van der Waals surface area contributed by atoms with Crippen molar-refractivity contribution in [3.63, 3.8) is 0 Å². The van der Waals surface area contributed by atoms with Crippen LogP contribution in [0.25, 0.3) is 5.57 Å². The van der Waals surface area contributed by atoms with Crippen LogP contribution >= 0.6 is 0 Å². The van der Waals surface area contributed by atoms with Crippen molar-refractivity contribution in [2.75, 3.05) is 45.1 Å². The van der Waals surface area contributed by atoms with Crippen LogP contribution in [0.15, 0.2) is 48.2 Å². The summed E-state index contributed by atoms with van der Waals surface area (Å²) in [5, 5.41) is 3.17. The summed E-state index contributed by atoms with van der Waals surface area (Å²) in [6.07, 6.45) is 0.682. The minimum absolute atomic E-state index is 0.262. The van der Waals surface area contributed by atoms with Crippen LogP contribution in [-0.4, -0.2) is 51.6 Å². The monoisotopic (exact) mass is 409 g/mol. The van der Waals surface area contributed by atoms with E-state index in [9.17, 15) is 9.59 Å². The standard InChI is InChI=1S/C23H27N3O4/c1-6-13-26-22(27)20(15-7-12-18(29-4)19(14-15)30-5)21(23(26)28)24-16-8-10-17(11-9-16)25(2)3/h7-12,14,24H,6,13H2,1-5H3. The van der Waals surface area contributed by atoms with Crippen molar-refractivity contribution in [2.45, 2.75) is 13.3 Å². The third kappa shape index (κ3) is 3.96. The van der Waals surface area contributed by atoms with E-state index >= 15 is 0 Å². The number of nitrogens with zero attached hydrogens (tertiary/aromatic N) is 2. The molecule has 0 spiro atoms. The molecule has 1 aliphatic heterocycles. The number of methoxy groups -OCH3 is 2. The van der Waals surface area contributed by atoms with Gasteiger partial charge in [0.1, 0.15) is 5.70 Å². The number of hydrogen-bond acceptors (Lipinski definition) is 6. The molecule has 7 heteroatoms. The molecular formula is C23H27N3O4. The molecule has 0 aromatic heterocycles. The summed E-state index contributed by atoms with van der Waals surface area (Å²) in [7, 11) is 7.00. The molecule has 3 rings (SSSR count). The number of nitrogens with one attached hydrogen (secondary N) is 1. The van der Waals surface area contributed by atoms with Gasteiger partial charge in [-0.05, 0) is 48.4 Å². The number of carbonyl (C=O) groups is 2. The minimum atomic E-state index is -0.330. The highest BCUT2D eigenvalue weighted by Crippen LogP contribution is 2.35. The molecule has 0 aliphatic carbocycles. The van der Waals surface area contributed by atoms with Crippen molar-refractivity contribution in [3.8, 4) is 11.5 Å². The second kappa shape index (κ2) is 8.90. The summed E-state index contributed by atoms with van der Waals surface area (Å²) < 4.78 is 10.7. The van der Waals surface area contributed by atoms with Crippen LogP contribution in [-0.2, 0) is 9.59 Å². The van der Waals surface area contributed by atoms with Gasteiger partial charge in [0, 0.05) is 32.0 Å². The fourth-order valence-corrected chi connectivity index (χ4v) is 3.37. The molecule has 0 saturated carbocycles. The normalized spacial score (nSPS) is 13.7. The molecule has 0 bridgehead atoms. The van der Waals surface area contributed by atoms with Crippen LogP contribution in [0.2, 0.25) is 0 Å². The number of rotatable bonds is 8. The van der Waals surface area contributed by atoms with Crippen LogP contribution in [0.1, 0.15) is 18.9 Å². The van der Waals surface area contributed by atoms with Gasteiger partial charge in [0.15, 0.2) is 11.5 Å². The number of amides is 2. The lowest BCUT2D eigenvalue weighted by Gasteiger charge is -2.15. The number of hydrogen-bond donors (Lipinski definition) is 1. The molecule has 1 aliphatic rings. The fourth-order valence-electron chi connectivity index (χ4n) is 3.37. The van der Waals surface area contributed by atoms with Crippen LogP contribution in [0.3, 0.4) is 0 Å². The van der Waals surface area contributed by atoms with E-state index in [0.717, 1.165) is 11.4 Å². The molecule has 2 amide bonds. The van der Waals surface area contributed by atoms with Gasteiger partial charge in [0.2, 0.25) is 0 Å². The lowest BCUT2D eigenvalue weighted by Crippen LogP contribution is -2.33. The van der Waals surface area contributed by atoms with E-state index in [1.807, 2.05) is 50.2 Å². The van der Waals surface area contributed by atoms with Gasteiger partial charge in [-0.3, -0.25) is 14.5 Å². The Balaban J connectivity index is 2.06. The third-order valence-corrected chi connectivity index (χ3v) is 4.94. The van der Waals surface area contributed by atoms with Gasteiger partial charge in [-0.1, -0.05) is 13.0 Å². The molecule has 158 valence electrons. The number of ether oxygens (including phenoxy) is 2. The Bertz CT molecular complexity index is 980. The van der Waals surface area contributed by atoms with Gasteiger partial charge in [0.05, 0.1) is 19.8 Å². The Morgan fingerprint density at radius 2 is 1.60 bits per heavy atom. The average Bonchev–Trinajstić information content (AvgIpc) is 2.98. The molecular weight excluding hydrogens is 382 g/mol. The van der Waals surface area contributed by atoms with Crippen LogP contribution in [0, 0.1) is 0 Å². The molecule has 7 nitrogen and oxygen atoms in total. The highest BCUT2D eigenvalue weighted by Gasteiger charge is 2.39. The largest absolute Gasteiger partial charge is 0.493 e. The highest BCUT2D eigenvalue weighted by atomic mass is 16.5. The maximum atomic E-state index is 13.1. The lowest BCUT2D eigenvalue weighted by atomic mass is 10.0. The van der Waals surface area contributed by atoms with E-state index in [1.54, 1.807) is 25.3 Å². The SMILES string of the molecule is CCCN1C(=O)C(Nc2ccc(N(C)C)cc2)=C(c2ccc(OC)c(OC)c2)C1=O. The Labute approximate surface area is 176 Å². The van der Waals surface area contributed by atoms with E-state index in [2.05, 4.69) is 5.32 Å². The molecule has 1 N–H and O–H groups in total. The molecule has 2 aromatic rings. The Kier molecular flexibility index (Phi) is 6.30. The Morgan fingerprint density at radius 3 is 2.17 bits per heavy atom. The van der Waals surface area contributed by atoms with Crippen molar-refractivity contribution < 1.29 is 19.1 Å². The smallest absolute Gasteiger partial charge is 0.278 e. The highest BCUT2D eigenvalue weighted by molar-refractivity contribution is 6.36. The van der Waals surface area contributed by atoms with E-state index in [1.165, 1.54) is 12.0 Å².